The lowest BCUT2D eigenvalue weighted by atomic mass is 10.0. The van der Waals surface area contributed by atoms with Crippen LogP contribution in [0.25, 0.3) is 0 Å². The zero-order valence-electron chi connectivity index (χ0n) is 9.85. The second kappa shape index (κ2) is 5.41. The Balaban J connectivity index is 1.91. The molecule has 1 aliphatic heterocycles. The van der Waals surface area contributed by atoms with Gasteiger partial charge in [-0.3, -0.25) is 0 Å². The van der Waals surface area contributed by atoms with Gasteiger partial charge >= 0.3 is 0 Å². The van der Waals surface area contributed by atoms with Gasteiger partial charge in [0, 0.05) is 18.9 Å². The molecule has 0 bridgehead atoms. The summed E-state index contributed by atoms with van der Waals surface area (Å²) < 4.78 is 5.22. The first-order chi connectivity index (χ1) is 7.79. The summed E-state index contributed by atoms with van der Waals surface area (Å²) in [4.78, 5) is 6.73. The first-order valence-corrected chi connectivity index (χ1v) is 6.01. The summed E-state index contributed by atoms with van der Waals surface area (Å²) in [5, 5.41) is 3.91. The Morgan fingerprint density at radius 2 is 2.38 bits per heavy atom. The van der Waals surface area contributed by atoms with E-state index in [2.05, 4.69) is 22.1 Å². The number of piperidine rings is 1. The summed E-state index contributed by atoms with van der Waals surface area (Å²) in [6.07, 6.45) is 5.40. The van der Waals surface area contributed by atoms with Gasteiger partial charge < -0.3 is 15.2 Å². The quantitative estimate of drug-likeness (QED) is 0.811. The van der Waals surface area contributed by atoms with Crippen molar-refractivity contribution in [2.24, 2.45) is 5.73 Å². The Hall–Kier alpha value is -0.940. The summed E-state index contributed by atoms with van der Waals surface area (Å²) in [6.45, 7) is 1.75. The van der Waals surface area contributed by atoms with E-state index in [9.17, 15) is 0 Å². The molecule has 0 aliphatic carbocycles. The molecule has 5 heteroatoms. The van der Waals surface area contributed by atoms with E-state index in [1.54, 1.807) is 0 Å². The van der Waals surface area contributed by atoms with E-state index < -0.39 is 0 Å². The molecule has 16 heavy (non-hydrogen) atoms. The molecule has 90 valence electrons. The minimum Gasteiger partial charge on any atom is -0.339 e. The highest BCUT2D eigenvalue weighted by Gasteiger charge is 2.21. The average Bonchev–Trinajstić information content (AvgIpc) is 2.70. The van der Waals surface area contributed by atoms with Gasteiger partial charge in [0.2, 0.25) is 5.89 Å². The lowest BCUT2D eigenvalue weighted by molar-refractivity contribution is 0.173. The molecule has 1 unspecified atom stereocenters. The van der Waals surface area contributed by atoms with Crippen molar-refractivity contribution in [2.75, 3.05) is 20.1 Å². The highest BCUT2D eigenvalue weighted by Crippen LogP contribution is 2.18. The van der Waals surface area contributed by atoms with Crippen LogP contribution in [0.3, 0.4) is 0 Å². The van der Waals surface area contributed by atoms with Crippen LogP contribution in [0, 0.1) is 0 Å². The number of likely N-dealkylation sites (tertiary alicyclic amines) is 1. The second-order valence-corrected chi connectivity index (χ2v) is 4.48. The maximum Gasteiger partial charge on any atom is 0.228 e. The van der Waals surface area contributed by atoms with E-state index in [1.165, 1.54) is 25.8 Å². The minimum atomic E-state index is 0.555. The van der Waals surface area contributed by atoms with Crippen LogP contribution >= 0.6 is 0 Å². The summed E-state index contributed by atoms with van der Waals surface area (Å²) in [5.41, 5.74) is 5.45. The average molecular weight is 224 g/mol. The molecule has 5 nitrogen and oxygen atoms in total. The predicted octanol–water partition coefficient (Wildman–Crippen LogP) is 0.598. The van der Waals surface area contributed by atoms with Crippen molar-refractivity contribution in [1.82, 2.24) is 15.0 Å². The monoisotopic (exact) mass is 224 g/mol. The van der Waals surface area contributed by atoms with E-state index in [1.807, 2.05) is 0 Å². The predicted molar refractivity (Wildman–Crippen MR) is 61.0 cm³/mol. The lowest BCUT2D eigenvalue weighted by Crippen LogP contribution is -2.37. The molecule has 0 radical (unpaired) electrons. The first-order valence-electron chi connectivity index (χ1n) is 6.01. The van der Waals surface area contributed by atoms with Crippen molar-refractivity contribution in [3.05, 3.63) is 11.7 Å². The first kappa shape index (κ1) is 11.5. The van der Waals surface area contributed by atoms with Crippen molar-refractivity contribution in [3.8, 4) is 0 Å². The van der Waals surface area contributed by atoms with E-state index in [0.717, 1.165) is 18.1 Å². The Morgan fingerprint density at radius 3 is 3.12 bits per heavy atom. The fraction of sp³-hybridized carbons (Fsp3) is 0.818. The zero-order chi connectivity index (χ0) is 11.4. The van der Waals surface area contributed by atoms with Crippen molar-refractivity contribution in [2.45, 2.75) is 38.1 Å². The Kier molecular flexibility index (Phi) is 3.90. The second-order valence-electron chi connectivity index (χ2n) is 4.48. The Bertz CT molecular complexity index is 326. The summed E-state index contributed by atoms with van der Waals surface area (Å²) >= 11 is 0. The van der Waals surface area contributed by atoms with Gasteiger partial charge in [-0.05, 0) is 33.0 Å². The van der Waals surface area contributed by atoms with Crippen molar-refractivity contribution < 1.29 is 4.52 Å². The number of nitrogens with zero attached hydrogens (tertiary/aromatic N) is 3. The molecule has 1 atom stereocenters. The van der Waals surface area contributed by atoms with Gasteiger partial charge in [-0.25, -0.2) is 0 Å². The Morgan fingerprint density at radius 1 is 1.50 bits per heavy atom. The fourth-order valence-corrected chi connectivity index (χ4v) is 2.21. The summed E-state index contributed by atoms with van der Waals surface area (Å²) in [6, 6.07) is 0.555. The standard InChI is InChI=1S/C11H20N4O/c1-15-7-3-2-4-9(15)8-11-13-10(5-6-12)14-16-11/h9H,2-8,12H2,1H3. The number of aromatic nitrogens is 2. The molecule has 0 amide bonds. The van der Waals surface area contributed by atoms with Gasteiger partial charge in [-0.2, -0.15) is 4.98 Å². The molecule has 2 N–H and O–H groups in total. The largest absolute Gasteiger partial charge is 0.339 e. The number of rotatable bonds is 4. The molecular formula is C11H20N4O. The van der Waals surface area contributed by atoms with Gasteiger partial charge in [0.25, 0.3) is 0 Å². The minimum absolute atomic E-state index is 0.555. The van der Waals surface area contributed by atoms with Gasteiger partial charge in [-0.15, -0.1) is 0 Å². The summed E-state index contributed by atoms with van der Waals surface area (Å²) in [5.74, 6) is 1.48. The number of hydrogen-bond donors (Lipinski definition) is 1. The molecule has 1 aromatic rings. The molecule has 1 saturated heterocycles. The van der Waals surface area contributed by atoms with Crippen LogP contribution < -0.4 is 5.73 Å². The third-order valence-corrected chi connectivity index (χ3v) is 3.21. The van der Waals surface area contributed by atoms with E-state index >= 15 is 0 Å². The Labute approximate surface area is 96.0 Å². The summed E-state index contributed by atoms with van der Waals surface area (Å²) in [7, 11) is 2.17. The molecule has 0 aromatic carbocycles. The van der Waals surface area contributed by atoms with Crippen LogP contribution in [0.2, 0.25) is 0 Å². The molecule has 0 spiro atoms. The van der Waals surface area contributed by atoms with Gasteiger partial charge in [0.1, 0.15) is 0 Å². The maximum atomic E-state index is 5.45. The normalized spacial score (nSPS) is 22.5. The third kappa shape index (κ3) is 2.80. The third-order valence-electron chi connectivity index (χ3n) is 3.21. The number of nitrogens with two attached hydrogens (primary N) is 1. The molecule has 2 rings (SSSR count). The molecule has 1 aromatic heterocycles. The molecule has 0 saturated carbocycles. The van der Waals surface area contributed by atoms with Gasteiger partial charge in [-0.1, -0.05) is 11.6 Å². The van der Waals surface area contributed by atoms with Crippen LogP contribution in [0.15, 0.2) is 4.52 Å². The van der Waals surface area contributed by atoms with Gasteiger partial charge in [0.15, 0.2) is 5.82 Å². The van der Waals surface area contributed by atoms with E-state index in [-0.39, 0.29) is 0 Å². The highest BCUT2D eigenvalue weighted by molar-refractivity contribution is 4.91. The number of hydrogen-bond acceptors (Lipinski definition) is 5. The van der Waals surface area contributed by atoms with Crippen LogP contribution in [0.1, 0.15) is 31.0 Å². The van der Waals surface area contributed by atoms with Crippen LogP contribution in [-0.4, -0.2) is 41.2 Å². The van der Waals surface area contributed by atoms with Crippen molar-refractivity contribution in [1.29, 1.82) is 0 Å². The van der Waals surface area contributed by atoms with E-state index in [4.69, 9.17) is 10.3 Å². The number of likely N-dealkylation sites (N-methyl/N-ethyl adjacent to an activating group) is 1. The SMILES string of the molecule is CN1CCCCC1Cc1nc(CCN)no1. The van der Waals surface area contributed by atoms with Crippen LogP contribution in [0.5, 0.6) is 0 Å². The fourth-order valence-electron chi connectivity index (χ4n) is 2.21. The molecule has 2 heterocycles. The van der Waals surface area contributed by atoms with E-state index in [0.29, 0.717) is 19.0 Å². The lowest BCUT2D eigenvalue weighted by Gasteiger charge is -2.31. The van der Waals surface area contributed by atoms with Crippen molar-refractivity contribution in [3.63, 3.8) is 0 Å². The van der Waals surface area contributed by atoms with Gasteiger partial charge in [0.05, 0.1) is 0 Å². The topological polar surface area (TPSA) is 68.2 Å². The zero-order valence-corrected chi connectivity index (χ0v) is 9.85. The maximum absolute atomic E-state index is 5.45. The smallest absolute Gasteiger partial charge is 0.228 e. The van der Waals surface area contributed by atoms with Crippen LogP contribution in [-0.2, 0) is 12.8 Å². The van der Waals surface area contributed by atoms with Crippen LogP contribution in [0.4, 0.5) is 0 Å². The van der Waals surface area contributed by atoms with Crippen molar-refractivity contribution >= 4 is 0 Å². The molecule has 1 aliphatic rings. The molecular weight excluding hydrogens is 204 g/mol. The highest BCUT2D eigenvalue weighted by atomic mass is 16.5. The molecule has 1 fully saturated rings.